The van der Waals surface area contributed by atoms with E-state index in [0.29, 0.717) is 19.2 Å². The lowest BCUT2D eigenvalue weighted by atomic mass is 9.67. The van der Waals surface area contributed by atoms with Gasteiger partial charge >= 0.3 is 0 Å². The quantitative estimate of drug-likeness (QED) is 0.618. The van der Waals surface area contributed by atoms with Crippen molar-refractivity contribution in [2.24, 2.45) is 16.1 Å². The molecule has 6 nitrogen and oxygen atoms in total. The van der Waals surface area contributed by atoms with Crippen LogP contribution in [0.5, 0.6) is 11.5 Å². The van der Waals surface area contributed by atoms with Gasteiger partial charge < -0.3 is 25.3 Å². The van der Waals surface area contributed by atoms with E-state index in [2.05, 4.69) is 10.3 Å². The lowest BCUT2D eigenvalue weighted by Crippen LogP contribution is -2.35. The highest BCUT2D eigenvalue weighted by atomic mass is 16.5. The maximum Gasteiger partial charge on any atom is 0.193 e. The van der Waals surface area contributed by atoms with Gasteiger partial charge in [-0.1, -0.05) is 6.42 Å². The van der Waals surface area contributed by atoms with Gasteiger partial charge in [0.25, 0.3) is 0 Å². The molecule has 0 amide bonds. The highest BCUT2D eigenvalue weighted by Crippen LogP contribution is 2.44. The van der Waals surface area contributed by atoms with Crippen LogP contribution in [0.25, 0.3) is 0 Å². The van der Waals surface area contributed by atoms with Crippen molar-refractivity contribution in [2.45, 2.75) is 32.1 Å². The second-order valence-corrected chi connectivity index (χ2v) is 6.63. The molecular weight excluding hydrogens is 306 g/mol. The minimum atomic E-state index is 0.271. The Labute approximate surface area is 143 Å². The molecule has 3 rings (SSSR count). The van der Waals surface area contributed by atoms with Crippen LogP contribution in [0, 0.1) is 5.41 Å². The van der Waals surface area contributed by atoms with Gasteiger partial charge in [-0.05, 0) is 36.8 Å². The molecule has 1 aromatic rings. The lowest BCUT2D eigenvalue weighted by Gasteiger charge is -2.40. The number of benzene rings is 1. The standard InChI is InChI=1S/C18H27N3O3/c1-22-11-8-18(6-2-7-18)13-20-17(19)21-14-4-5-15-16(12-14)24-10-3-9-23-15/h4-5,12H,2-3,6-11,13H2,1H3,(H3,19,20,21). The van der Waals surface area contributed by atoms with Crippen LogP contribution >= 0.6 is 0 Å². The summed E-state index contributed by atoms with van der Waals surface area (Å²) in [6, 6.07) is 5.75. The summed E-state index contributed by atoms with van der Waals surface area (Å²) in [7, 11) is 1.75. The highest BCUT2D eigenvalue weighted by Gasteiger charge is 2.36. The first-order valence-corrected chi connectivity index (χ1v) is 8.66. The van der Waals surface area contributed by atoms with Crippen molar-refractivity contribution in [3.8, 4) is 11.5 Å². The Bertz CT molecular complexity index is 585. The summed E-state index contributed by atoms with van der Waals surface area (Å²) in [5.74, 6) is 1.97. The summed E-state index contributed by atoms with van der Waals surface area (Å²) in [6.45, 7) is 2.89. The van der Waals surface area contributed by atoms with E-state index in [1.807, 2.05) is 18.2 Å². The van der Waals surface area contributed by atoms with Gasteiger partial charge in [-0.2, -0.15) is 0 Å². The molecule has 0 saturated heterocycles. The van der Waals surface area contributed by atoms with Crippen molar-refractivity contribution >= 4 is 11.6 Å². The number of rotatable bonds is 6. The Balaban J connectivity index is 1.59. The molecule has 0 atom stereocenters. The fraction of sp³-hybridized carbons (Fsp3) is 0.611. The molecule has 1 heterocycles. The van der Waals surface area contributed by atoms with Crippen molar-refractivity contribution in [2.75, 3.05) is 38.8 Å². The van der Waals surface area contributed by atoms with Crippen LogP contribution in [0.2, 0.25) is 0 Å². The monoisotopic (exact) mass is 333 g/mol. The number of hydrogen-bond acceptors (Lipinski definition) is 4. The molecule has 0 spiro atoms. The minimum Gasteiger partial charge on any atom is -0.490 e. The average molecular weight is 333 g/mol. The second kappa shape index (κ2) is 7.75. The molecule has 1 aliphatic carbocycles. The van der Waals surface area contributed by atoms with E-state index in [9.17, 15) is 0 Å². The van der Waals surface area contributed by atoms with Crippen LogP contribution in [-0.4, -0.2) is 39.4 Å². The average Bonchev–Trinajstić information content (AvgIpc) is 2.78. The van der Waals surface area contributed by atoms with E-state index >= 15 is 0 Å². The summed E-state index contributed by atoms with van der Waals surface area (Å²) in [5, 5.41) is 3.15. The van der Waals surface area contributed by atoms with Crippen LogP contribution in [-0.2, 0) is 4.74 Å². The van der Waals surface area contributed by atoms with Crippen LogP contribution in [0.15, 0.2) is 23.2 Å². The molecule has 1 saturated carbocycles. The molecule has 0 radical (unpaired) electrons. The minimum absolute atomic E-state index is 0.271. The predicted octanol–water partition coefficient (Wildman–Crippen LogP) is 2.78. The Kier molecular flexibility index (Phi) is 5.45. The zero-order valence-corrected chi connectivity index (χ0v) is 14.3. The number of fused-ring (bicyclic) bond motifs is 1. The SMILES string of the molecule is COCCC1(CN=C(N)Nc2ccc3c(c2)OCCCO3)CCC1. The molecule has 0 bridgehead atoms. The molecule has 1 aliphatic heterocycles. The molecule has 24 heavy (non-hydrogen) atoms. The van der Waals surface area contributed by atoms with E-state index < -0.39 is 0 Å². The first-order valence-electron chi connectivity index (χ1n) is 8.66. The fourth-order valence-electron chi connectivity index (χ4n) is 3.16. The third kappa shape index (κ3) is 4.12. The number of nitrogens with two attached hydrogens (primary N) is 1. The van der Waals surface area contributed by atoms with E-state index in [0.717, 1.165) is 43.2 Å². The van der Waals surface area contributed by atoms with Gasteiger partial charge in [-0.15, -0.1) is 0 Å². The number of guanidine groups is 1. The Morgan fingerprint density at radius 2 is 2.04 bits per heavy atom. The van der Waals surface area contributed by atoms with E-state index in [1.54, 1.807) is 7.11 Å². The van der Waals surface area contributed by atoms with Gasteiger partial charge in [0, 0.05) is 38.4 Å². The molecule has 0 aromatic heterocycles. The van der Waals surface area contributed by atoms with Crippen LogP contribution in [0.1, 0.15) is 32.1 Å². The Hall–Kier alpha value is -1.95. The van der Waals surface area contributed by atoms with Gasteiger partial charge in [0.2, 0.25) is 0 Å². The van der Waals surface area contributed by atoms with Gasteiger partial charge in [0.05, 0.1) is 13.2 Å². The van der Waals surface area contributed by atoms with E-state index in [-0.39, 0.29) is 5.41 Å². The van der Waals surface area contributed by atoms with Crippen molar-refractivity contribution in [3.63, 3.8) is 0 Å². The number of ether oxygens (including phenoxy) is 3. The molecule has 6 heteroatoms. The summed E-state index contributed by atoms with van der Waals surface area (Å²) in [4.78, 5) is 4.55. The van der Waals surface area contributed by atoms with Gasteiger partial charge in [0.15, 0.2) is 17.5 Å². The van der Waals surface area contributed by atoms with Crippen LogP contribution in [0.4, 0.5) is 5.69 Å². The zero-order valence-electron chi connectivity index (χ0n) is 14.3. The number of hydrogen-bond donors (Lipinski definition) is 2. The maximum absolute atomic E-state index is 6.06. The van der Waals surface area contributed by atoms with Crippen LogP contribution < -0.4 is 20.5 Å². The predicted molar refractivity (Wildman–Crippen MR) is 94.9 cm³/mol. The number of nitrogens with one attached hydrogen (secondary N) is 1. The van der Waals surface area contributed by atoms with Crippen molar-refractivity contribution in [3.05, 3.63) is 18.2 Å². The maximum atomic E-state index is 6.06. The summed E-state index contributed by atoms with van der Waals surface area (Å²) >= 11 is 0. The number of anilines is 1. The normalized spacial score (nSPS) is 19.3. The largest absolute Gasteiger partial charge is 0.490 e. The van der Waals surface area contributed by atoms with Gasteiger partial charge in [-0.25, -0.2) is 0 Å². The molecule has 2 aliphatic rings. The molecular formula is C18H27N3O3. The van der Waals surface area contributed by atoms with Crippen molar-refractivity contribution in [1.29, 1.82) is 0 Å². The molecule has 1 aromatic carbocycles. The third-order valence-corrected chi connectivity index (χ3v) is 4.86. The second-order valence-electron chi connectivity index (χ2n) is 6.63. The molecule has 132 valence electrons. The third-order valence-electron chi connectivity index (χ3n) is 4.86. The summed E-state index contributed by atoms with van der Waals surface area (Å²) < 4.78 is 16.5. The fourth-order valence-corrected chi connectivity index (χ4v) is 3.16. The van der Waals surface area contributed by atoms with E-state index in [4.69, 9.17) is 19.9 Å². The number of aliphatic imine (C=N–C) groups is 1. The topological polar surface area (TPSA) is 78.1 Å². The van der Waals surface area contributed by atoms with Gasteiger partial charge in [0.1, 0.15) is 0 Å². The summed E-state index contributed by atoms with van der Waals surface area (Å²) in [5.41, 5.74) is 7.19. The molecule has 3 N–H and O–H groups in total. The van der Waals surface area contributed by atoms with Crippen molar-refractivity contribution < 1.29 is 14.2 Å². The van der Waals surface area contributed by atoms with Crippen molar-refractivity contribution in [1.82, 2.24) is 0 Å². The van der Waals surface area contributed by atoms with Crippen LogP contribution in [0.3, 0.4) is 0 Å². The smallest absolute Gasteiger partial charge is 0.193 e. The highest BCUT2D eigenvalue weighted by molar-refractivity contribution is 5.92. The Morgan fingerprint density at radius 3 is 2.75 bits per heavy atom. The zero-order chi connectivity index (χ0) is 16.8. The molecule has 1 fully saturated rings. The van der Waals surface area contributed by atoms with E-state index in [1.165, 1.54) is 19.3 Å². The number of nitrogens with zero attached hydrogens (tertiary/aromatic N) is 1. The van der Waals surface area contributed by atoms with Gasteiger partial charge in [-0.3, -0.25) is 4.99 Å². The lowest BCUT2D eigenvalue weighted by molar-refractivity contribution is 0.0780. The molecule has 0 unspecified atom stereocenters. The summed E-state index contributed by atoms with van der Waals surface area (Å²) in [6.07, 6.45) is 5.62. The number of methoxy groups -OCH3 is 1. The first kappa shape index (κ1) is 16.9. The Morgan fingerprint density at radius 1 is 1.25 bits per heavy atom. The first-order chi connectivity index (χ1) is 11.7.